The largest absolute Gasteiger partial charge is 0.507 e. The number of phenols is 1. The van der Waals surface area contributed by atoms with Gasteiger partial charge < -0.3 is 5.11 Å². The third kappa shape index (κ3) is 3.12. The zero-order valence-corrected chi connectivity index (χ0v) is 13.0. The Labute approximate surface area is 126 Å². The van der Waals surface area contributed by atoms with E-state index in [-0.39, 0.29) is 0 Å². The van der Waals surface area contributed by atoms with Crippen LogP contribution in [0.15, 0.2) is 24.5 Å². The van der Waals surface area contributed by atoms with Crippen LogP contribution < -0.4 is 0 Å². The Bertz CT molecular complexity index is 601. The molecule has 1 saturated carbocycles. The minimum absolute atomic E-state index is 0.397. The van der Waals surface area contributed by atoms with Crippen molar-refractivity contribution in [3.63, 3.8) is 0 Å². The highest BCUT2D eigenvalue weighted by molar-refractivity contribution is 5.65. The Morgan fingerprint density at radius 2 is 1.76 bits per heavy atom. The maximum Gasteiger partial charge on any atom is 0.121 e. The van der Waals surface area contributed by atoms with Crippen LogP contribution in [-0.2, 0) is 6.54 Å². The number of aryl methyl sites for hydroxylation is 2. The third-order valence-corrected chi connectivity index (χ3v) is 4.63. The maximum atomic E-state index is 9.88. The molecule has 3 rings (SSSR count). The summed E-state index contributed by atoms with van der Waals surface area (Å²) in [6.07, 6.45) is 10.9. The fourth-order valence-electron chi connectivity index (χ4n) is 3.37. The molecule has 1 aliphatic rings. The van der Waals surface area contributed by atoms with Gasteiger partial charge >= 0.3 is 0 Å². The molecule has 0 aliphatic heterocycles. The molecule has 1 N–H and O–H groups in total. The number of aromatic nitrogens is 2. The van der Waals surface area contributed by atoms with Crippen molar-refractivity contribution in [3.05, 3.63) is 35.7 Å². The molecule has 112 valence electrons. The van der Waals surface area contributed by atoms with Crippen LogP contribution in [0.5, 0.6) is 5.75 Å². The van der Waals surface area contributed by atoms with E-state index in [1.54, 1.807) is 0 Å². The molecule has 0 bridgehead atoms. The summed E-state index contributed by atoms with van der Waals surface area (Å²) in [6.45, 7) is 4.92. The van der Waals surface area contributed by atoms with Crippen LogP contribution in [0, 0.1) is 19.8 Å². The van der Waals surface area contributed by atoms with E-state index >= 15 is 0 Å². The van der Waals surface area contributed by atoms with E-state index < -0.39 is 0 Å². The first-order valence-corrected chi connectivity index (χ1v) is 7.96. The summed E-state index contributed by atoms with van der Waals surface area (Å²) in [5.41, 5.74) is 4.12. The molecule has 0 radical (unpaired) electrons. The van der Waals surface area contributed by atoms with Crippen LogP contribution in [0.4, 0.5) is 0 Å². The van der Waals surface area contributed by atoms with Gasteiger partial charge in [0.05, 0.1) is 6.20 Å². The average Bonchev–Trinajstić information content (AvgIpc) is 2.94. The zero-order chi connectivity index (χ0) is 14.8. The van der Waals surface area contributed by atoms with E-state index in [1.807, 2.05) is 32.2 Å². The van der Waals surface area contributed by atoms with E-state index in [1.165, 1.54) is 32.1 Å². The smallest absolute Gasteiger partial charge is 0.121 e. The molecule has 3 heteroatoms. The highest BCUT2D eigenvalue weighted by Gasteiger charge is 2.15. The van der Waals surface area contributed by atoms with E-state index in [9.17, 15) is 5.11 Å². The summed E-state index contributed by atoms with van der Waals surface area (Å²) in [5, 5.41) is 14.4. The molecule has 0 unspecified atom stereocenters. The lowest BCUT2D eigenvalue weighted by molar-refractivity contribution is 0.308. The number of rotatable bonds is 3. The SMILES string of the molecule is Cc1cc(-c2cnn(CC3CCCCC3)c2)cc(C)c1O. The normalized spacial score (nSPS) is 16.3. The number of benzene rings is 1. The second-order valence-electron chi connectivity index (χ2n) is 6.41. The molecular formula is C18H24N2O. The minimum Gasteiger partial charge on any atom is -0.507 e. The van der Waals surface area contributed by atoms with Gasteiger partial charge in [-0.2, -0.15) is 5.10 Å². The monoisotopic (exact) mass is 284 g/mol. The van der Waals surface area contributed by atoms with Crippen molar-refractivity contribution in [1.29, 1.82) is 0 Å². The standard InChI is InChI=1S/C18H24N2O/c1-13-8-16(9-14(2)18(13)21)17-10-19-20(12-17)11-15-6-4-3-5-7-15/h8-10,12,15,21H,3-7,11H2,1-2H3. The Kier molecular flexibility index (Phi) is 4.00. The maximum absolute atomic E-state index is 9.88. The Hall–Kier alpha value is -1.77. The van der Waals surface area contributed by atoms with Crippen molar-refractivity contribution in [1.82, 2.24) is 9.78 Å². The third-order valence-electron chi connectivity index (χ3n) is 4.63. The summed E-state index contributed by atoms with van der Waals surface area (Å²) in [4.78, 5) is 0. The molecule has 0 amide bonds. The molecule has 21 heavy (non-hydrogen) atoms. The molecule has 0 saturated heterocycles. The molecule has 3 nitrogen and oxygen atoms in total. The highest BCUT2D eigenvalue weighted by atomic mass is 16.3. The van der Waals surface area contributed by atoms with Gasteiger partial charge in [-0.15, -0.1) is 0 Å². The first-order valence-electron chi connectivity index (χ1n) is 7.96. The van der Waals surface area contributed by atoms with Gasteiger partial charge in [-0.25, -0.2) is 0 Å². The minimum atomic E-state index is 0.397. The van der Waals surface area contributed by atoms with Crippen molar-refractivity contribution in [2.75, 3.05) is 0 Å². The molecule has 1 aromatic carbocycles. The van der Waals surface area contributed by atoms with Gasteiger partial charge in [0.25, 0.3) is 0 Å². The van der Waals surface area contributed by atoms with Gasteiger partial charge in [-0.05, 0) is 61.4 Å². The van der Waals surface area contributed by atoms with Crippen LogP contribution in [-0.4, -0.2) is 14.9 Å². The Morgan fingerprint density at radius 1 is 1.10 bits per heavy atom. The van der Waals surface area contributed by atoms with E-state index in [2.05, 4.69) is 16.0 Å². The molecule has 1 aliphatic carbocycles. The molecule has 0 atom stereocenters. The average molecular weight is 284 g/mol. The highest BCUT2D eigenvalue weighted by Crippen LogP contribution is 2.29. The van der Waals surface area contributed by atoms with Gasteiger partial charge in [0.2, 0.25) is 0 Å². The molecule has 1 heterocycles. The van der Waals surface area contributed by atoms with Gasteiger partial charge in [-0.1, -0.05) is 19.3 Å². The van der Waals surface area contributed by atoms with Crippen LogP contribution >= 0.6 is 0 Å². The zero-order valence-electron chi connectivity index (χ0n) is 13.0. The molecule has 0 spiro atoms. The van der Waals surface area contributed by atoms with Crippen LogP contribution in [0.3, 0.4) is 0 Å². The second-order valence-corrected chi connectivity index (χ2v) is 6.41. The van der Waals surface area contributed by atoms with Crippen molar-refractivity contribution in [2.45, 2.75) is 52.5 Å². The van der Waals surface area contributed by atoms with Crippen molar-refractivity contribution < 1.29 is 5.11 Å². The number of nitrogens with zero attached hydrogens (tertiary/aromatic N) is 2. The van der Waals surface area contributed by atoms with E-state index in [4.69, 9.17) is 0 Å². The lowest BCUT2D eigenvalue weighted by Crippen LogP contribution is -2.14. The van der Waals surface area contributed by atoms with E-state index in [0.29, 0.717) is 5.75 Å². The van der Waals surface area contributed by atoms with Crippen molar-refractivity contribution in [2.24, 2.45) is 5.92 Å². The quantitative estimate of drug-likeness (QED) is 0.904. The van der Waals surface area contributed by atoms with Crippen molar-refractivity contribution >= 4 is 0 Å². The van der Waals surface area contributed by atoms with Crippen LogP contribution in [0.1, 0.15) is 43.2 Å². The lowest BCUT2D eigenvalue weighted by atomic mass is 9.89. The Balaban J connectivity index is 1.78. The molecule has 1 aromatic heterocycles. The summed E-state index contributed by atoms with van der Waals surface area (Å²) >= 11 is 0. The number of aromatic hydroxyl groups is 1. The summed E-state index contributed by atoms with van der Waals surface area (Å²) in [5.74, 6) is 1.18. The summed E-state index contributed by atoms with van der Waals surface area (Å²) < 4.78 is 2.09. The number of hydrogen-bond donors (Lipinski definition) is 1. The molecule has 1 fully saturated rings. The fraction of sp³-hybridized carbons (Fsp3) is 0.500. The summed E-state index contributed by atoms with van der Waals surface area (Å²) in [7, 11) is 0. The van der Waals surface area contributed by atoms with Gasteiger partial charge in [-0.3, -0.25) is 4.68 Å². The lowest BCUT2D eigenvalue weighted by Gasteiger charge is -2.21. The molecule has 2 aromatic rings. The van der Waals surface area contributed by atoms with Crippen molar-refractivity contribution in [3.8, 4) is 16.9 Å². The first-order chi connectivity index (χ1) is 10.1. The van der Waals surface area contributed by atoms with Gasteiger partial charge in [0, 0.05) is 18.3 Å². The van der Waals surface area contributed by atoms with Gasteiger partial charge in [0.1, 0.15) is 5.75 Å². The van der Waals surface area contributed by atoms with E-state index in [0.717, 1.165) is 34.7 Å². The number of hydrogen-bond acceptors (Lipinski definition) is 2. The number of phenolic OH excluding ortho intramolecular Hbond substituents is 1. The van der Waals surface area contributed by atoms with Crippen LogP contribution in [0.25, 0.3) is 11.1 Å². The predicted octanol–water partition coefficient (Wildman–Crippen LogP) is 4.45. The Morgan fingerprint density at radius 3 is 2.43 bits per heavy atom. The molecular weight excluding hydrogens is 260 g/mol. The predicted molar refractivity (Wildman–Crippen MR) is 85.4 cm³/mol. The first kappa shape index (κ1) is 14.2. The second kappa shape index (κ2) is 5.92. The summed E-state index contributed by atoms with van der Waals surface area (Å²) in [6, 6.07) is 4.06. The van der Waals surface area contributed by atoms with Crippen LogP contribution in [0.2, 0.25) is 0 Å². The van der Waals surface area contributed by atoms with Gasteiger partial charge in [0.15, 0.2) is 0 Å². The fourth-order valence-corrected chi connectivity index (χ4v) is 3.37. The topological polar surface area (TPSA) is 38.0 Å².